The number of nitrogens with zero attached hydrogens (tertiary/aromatic N) is 1. The van der Waals surface area contributed by atoms with Crippen molar-refractivity contribution < 1.29 is 49.8 Å². The summed E-state index contributed by atoms with van der Waals surface area (Å²) in [4.78, 5) is 26.4. The predicted molar refractivity (Wildman–Crippen MR) is 114 cm³/mol. The molecule has 2 aromatic rings. The number of carbonyl (C=O) groups excluding carboxylic acids is 2. The van der Waals surface area contributed by atoms with Gasteiger partial charge in [-0.1, -0.05) is 12.1 Å². The van der Waals surface area contributed by atoms with E-state index in [1.165, 1.54) is 36.1 Å². The molecule has 2 aromatic carbocycles. The molecular weight excluding hydrogens is 511 g/mol. The highest BCUT2D eigenvalue weighted by atomic mass is 19.4. The van der Waals surface area contributed by atoms with Gasteiger partial charge in [0.1, 0.15) is 11.7 Å². The van der Waals surface area contributed by atoms with Crippen LogP contribution < -0.4 is 0 Å². The molecule has 2 unspecified atom stereocenters. The van der Waals surface area contributed by atoms with Crippen molar-refractivity contribution in [3.63, 3.8) is 0 Å². The first-order valence-electron chi connectivity index (χ1n) is 11.3. The van der Waals surface area contributed by atoms with Gasteiger partial charge < -0.3 is 14.4 Å². The molecule has 2 fully saturated rings. The SMILES string of the molecule is COC(=O)C1C[C@H]2C(c3ccc(F)cc3)[C@@H](O[C@H](C)c3cc(C(F)(F)F)cc(C(F)(F)F)c3)CN2C1=O. The Morgan fingerprint density at radius 1 is 1.00 bits per heavy atom. The second kappa shape index (κ2) is 9.62. The summed E-state index contributed by atoms with van der Waals surface area (Å²) in [6.07, 6.45) is -12.0. The molecule has 5 nitrogen and oxygen atoms in total. The molecule has 1 amide bonds. The van der Waals surface area contributed by atoms with E-state index in [0.717, 1.165) is 7.11 Å². The molecule has 200 valence electrons. The Kier molecular flexibility index (Phi) is 7.00. The van der Waals surface area contributed by atoms with Gasteiger partial charge in [-0.2, -0.15) is 26.3 Å². The highest BCUT2D eigenvalue weighted by molar-refractivity contribution is 6.00. The first-order chi connectivity index (χ1) is 17.2. The third-order valence-corrected chi connectivity index (χ3v) is 6.85. The van der Waals surface area contributed by atoms with Crippen LogP contribution in [0.1, 0.15) is 47.6 Å². The number of esters is 1. The van der Waals surface area contributed by atoms with Crippen molar-refractivity contribution in [1.82, 2.24) is 4.90 Å². The van der Waals surface area contributed by atoms with Crippen LogP contribution in [0.5, 0.6) is 0 Å². The number of amides is 1. The Morgan fingerprint density at radius 2 is 1.57 bits per heavy atom. The molecule has 2 aliphatic heterocycles. The van der Waals surface area contributed by atoms with Gasteiger partial charge in [0.15, 0.2) is 0 Å². The van der Waals surface area contributed by atoms with E-state index < -0.39 is 71.3 Å². The Hall–Kier alpha value is -3.15. The van der Waals surface area contributed by atoms with Crippen LogP contribution in [0.3, 0.4) is 0 Å². The summed E-state index contributed by atoms with van der Waals surface area (Å²) < 4.78 is 104. The Labute approximate surface area is 207 Å². The molecule has 2 aliphatic rings. The lowest BCUT2D eigenvalue weighted by atomic mass is 9.86. The molecule has 37 heavy (non-hydrogen) atoms. The van der Waals surface area contributed by atoms with Gasteiger partial charge >= 0.3 is 18.3 Å². The minimum Gasteiger partial charge on any atom is -0.468 e. The maximum Gasteiger partial charge on any atom is 0.416 e. The molecule has 0 radical (unpaired) electrons. The van der Waals surface area contributed by atoms with Crippen molar-refractivity contribution in [3.8, 4) is 0 Å². The first-order valence-corrected chi connectivity index (χ1v) is 11.3. The van der Waals surface area contributed by atoms with E-state index in [0.29, 0.717) is 17.7 Å². The van der Waals surface area contributed by atoms with Gasteiger partial charge in [0.25, 0.3) is 0 Å². The van der Waals surface area contributed by atoms with Crippen LogP contribution in [0.15, 0.2) is 42.5 Å². The van der Waals surface area contributed by atoms with E-state index in [1.807, 2.05) is 0 Å². The number of benzene rings is 2. The van der Waals surface area contributed by atoms with Crippen molar-refractivity contribution >= 4 is 11.9 Å². The number of methoxy groups -OCH3 is 1. The summed E-state index contributed by atoms with van der Waals surface area (Å²) in [5.74, 6) is -3.42. The minimum atomic E-state index is -5.02. The van der Waals surface area contributed by atoms with Crippen LogP contribution in [-0.2, 0) is 31.4 Å². The van der Waals surface area contributed by atoms with E-state index in [2.05, 4.69) is 0 Å². The molecule has 5 atom stereocenters. The Balaban J connectivity index is 1.67. The second-order valence-electron chi connectivity index (χ2n) is 9.10. The number of rotatable bonds is 5. The van der Waals surface area contributed by atoms with Gasteiger partial charge in [-0.25, -0.2) is 4.39 Å². The summed E-state index contributed by atoms with van der Waals surface area (Å²) in [6, 6.07) is 5.98. The van der Waals surface area contributed by atoms with Crippen LogP contribution in [0.2, 0.25) is 0 Å². The summed E-state index contributed by atoms with van der Waals surface area (Å²) in [6.45, 7) is 1.26. The molecule has 0 aromatic heterocycles. The third kappa shape index (κ3) is 5.29. The molecule has 4 rings (SSSR count). The van der Waals surface area contributed by atoms with Crippen LogP contribution in [0.25, 0.3) is 0 Å². The van der Waals surface area contributed by atoms with Crippen molar-refractivity contribution in [1.29, 1.82) is 0 Å². The summed E-state index contributed by atoms with van der Waals surface area (Å²) in [5.41, 5.74) is -2.73. The average Bonchev–Trinajstić information content (AvgIpc) is 3.33. The molecule has 12 heteroatoms. The normalized spacial score (nSPS) is 24.8. The average molecular weight is 533 g/mol. The zero-order chi connectivity index (χ0) is 27.3. The van der Waals surface area contributed by atoms with Gasteiger partial charge in [-0.05, 0) is 54.8 Å². The van der Waals surface area contributed by atoms with Crippen molar-refractivity contribution in [2.24, 2.45) is 5.92 Å². The molecule has 2 saturated heterocycles. The van der Waals surface area contributed by atoms with Gasteiger partial charge in [0, 0.05) is 18.5 Å². The molecular formula is C25H22F7NO4. The highest BCUT2D eigenvalue weighted by Gasteiger charge is 2.55. The highest BCUT2D eigenvalue weighted by Crippen LogP contribution is 2.46. The lowest BCUT2D eigenvalue weighted by molar-refractivity contribution is -0.151. The number of alkyl halides is 6. The number of fused-ring (bicyclic) bond motifs is 1. The quantitative estimate of drug-likeness (QED) is 0.290. The summed E-state index contributed by atoms with van der Waals surface area (Å²) in [5, 5.41) is 0. The van der Waals surface area contributed by atoms with Crippen LogP contribution in [0.4, 0.5) is 30.7 Å². The van der Waals surface area contributed by atoms with Crippen LogP contribution in [0, 0.1) is 11.7 Å². The van der Waals surface area contributed by atoms with E-state index >= 15 is 0 Å². The Morgan fingerprint density at radius 3 is 2.08 bits per heavy atom. The molecule has 0 N–H and O–H groups in total. The van der Waals surface area contributed by atoms with Gasteiger partial charge in [0.2, 0.25) is 5.91 Å². The van der Waals surface area contributed by atoms with E-state index in [1.54, 1.807) is 0 Å². The number of halogens is 7. The van der Waals surface area contributed by atoms with Crippen LogP contribution >= 0.6 is 0 Å². The van der Waals surface area contributed by atoms with E-state index in [-0.39, 0.29) is 24.6 Å². The number of carbonyl (C=O) groups is 2. The lowest BCUT2D eigenvalue weighted by Crippen LogP contribution is -2.33. The first kappa shape index (κ1) is 26.9. The van der Waals surface area contributed by atoms with Crippen LogP contribution in [-0.4, -0.2) is 42.6 Å². The standard InChI is InChI=1S/C25H22F7NO4/c1-12(14-7-15(24(27,28)29)9-16(8-14)25(30,31)32)37-20-11-33-19(10-18(22(33)34)23(35)36-2)21(20)13-3-5-17(26)6-4-13/h3-9,12,18-21H,10-11H2,1-2H3/t12-,18?,19+,20+,21?/m1/s1. The number of ether oxygens (including phenoxy) is 2. The fourth-order valence-electron chi connectivity index (χ4n) is 5.10. The zero-order valence-electron chi connectivity index (χ0n) is 19.6. The van der Waals surface area contributed by atoms with Gasteiger partial charge in [-0.15, -0.1) is 0 Å². The summed E-state index contributed by atoms with van der Waals surface area (Å²) >= 11 is 0. The largest absolute Gasteiger partial charge is 0.468 e. The van der Waals surface area contributed by atoms with Gasteiger partial charge in [0.05, 0.1) is 30.4 Å². The monoisotopic (exact) mass is 533 g/mol. The maximum absolute atomic E-state index is 13.6. The molecule has 0 spiro atoms. The van der Waals surface area contributed by atoms with Crippen molar-refractivity contribution in [2.75, 3.05) is 13.7 Å². The van der Waals surface area contributed by atoms with Crippen molar-refractivity contribution in [3.05, 3.63) is 70.5 Å². The van der Waals surface area contributed by atoms with Crippen molar-refractivity contribution in [2.45, 2.75) is 49.9 Å². The third-order valence-electron chi connectivity index (χ3n) is 6.85. The molecule has 0 saturated carbocycles. The smallest absolute Gasteiger partial charge is 0.416 e. The Bertz CT molecular complexity index is 1150. The number of hydrogen-bond donors (Lipinski definition) is 0. The van der Waals surface area contributed by atoms with Gasteiger partial charge in [-0.3, -0.25) is 9.59 Å². The topological polar surface area (TPSA) is 55.8 Å². The number of hydrogen-bond acceptors (Lipinski definition) is 4. The summed E-state index contributed by atoms with van der Waals surface area (Å²) in [7, 11) is 1.15. The van der Waals surface area contributed by atoms with E-state index in [9.17, 15) is 40.3 Å². The molecule has 0 bridgehead atoms. The fraction of sp³-hybridized carbons (Fsp3) is 0.440. The maximum atomic E-state index is 13.6. The molecule has 0 aliphatic carbocycles. The molecule has 2 heterocycles. The second-order valence-corrected chi connectivity index (χ2v) is 9.10. The minimum absolute atomic E-state index is 0.0365. The fourth-order valence-corrected chi connectivity index (χ4v) is 5.10. The van der Waals surface area contributed by atoms with E-state index in [4.69, 9.17) is 9.47 Å². The predicted octanol–water partition coefficient (Wildman–Crippen LogP) is 5.50. The zero-order valence-corrected chi connectivity index (χ0v) is 19.6. The lowest BCUT2D eigenvalue weighted by Gasteiger charge is -2.27.